The maximum Gasteiger partial charge on any atom is 0.303 e. The van der Waals surface area contributed by atoms with Gasteiger partial charge in [-0.2, -0.15) is 0 Å². The largest absolute Gasteiger partial charge is 0.463 e. The second-order valence-corrected chi connectivity index (χ2v) is 10.3. The number of nitrogens with one attached hydrogen (secondary N) is 2. The van der Waals surface area contributed by atoms with Crippen molar-refractivity contribution < 1.29 is 42.9 Å². The van der Waals surface area contributed by atoms with Crippen molar-refractivity contribution in [3.63, 3.8) is 0 Å². The molecule has 2 saturated heterocycles. The van der Waals surface area contributed by atoms with Crippen molar-refractivity contribution in [2.24, 2.45) is 0 Å². The smallest absolute Gasteiger partial charge is 0.303 e. The minimum Gasteiger partial charge on any atom is -0.463 e. The van der Waals surface area contributed by atoms with Gasteiger partial charge in [-0.15, -0.1) is 0 Å². The summed E-state index contributed by atoms with van der Waals surface area (Å²) in [5.74, 6) is -2.61. The first-order valence-electron chi connectivity index (χ1n) is 13.2. The van der Waals surface area contributed by atoms with Crippen molar-refractivity contribution >= 4 is 41.2 Å². The molecule has 1 aliphatic carbocycles. The van der Waals surface area contributed by atoms with Gasteiger partial charge in [0.2, 0.25) is 0 Å². The molecule has 38 heavy (non-hydrogen) atoms. The molecule has 7 atom stereocenters. The Kier molecular flexibility index (Phi) is 11.1. The fraction of sp³-hybridized carbons (Fsp3) is 0.800. The van der Waals surface area contributed by atoms with Crippen LogP contribution in [-0.4, -0.2) is 96.3 Å². The Morgan fingerprint density at radius 1 is 0.789 bits per heavy atom. The molecule has 3 fully saturated rings. The van der Waals surface area contributed by atoms with E-state index < -0.39 is 54.5 Å². The lowest BCUT2D eigenvalue weighted by Crippen LogP contribution is -2.67. The molecule has 0 amide bonds. The molecule has 0 spiro atoms. The van der Waals surface area contributed by atoms with Crippen molar-refractivity contribution in [1.82, 2.24) is 15.5 Å². The van der Waals surface area contributed by atoms with Crippen LogP contribution in [0.3, 0.4) is 0 Å². The van der Waals surface area contributed by atoms with Crippen LogP contribution in [0.25, 0.3) is 0 Å². The van der Waals surface area contributed by atoms with Crippen LogP contribution in [0.2, 0.25) is 0 Å². The minimum atomic E-state index is -1.25. The maximum atomic E-state index is 12.0. The van der Waals surface area contributed by atoms with E-state index in [4.69, 9.17) is 35.9 Å². The van der Waals surface area contributed by atoms with Gasteiger partial charge >= 0.3 is 23.9 Å². The molecular weight excluding hydrogens is 518 g/mol. The summed E-state index contributed by atoms with van der Waals surface area (Å²) in [6.45, 7) is 6.64. The van der Waals surface area contributed by atoms with Crippen molar-refractivity contribution in [3.05, 3.63) is 0 Å². The van der Waals surface area contributed by atoms with Gasteiger partial charge in [-0.3, -0.25) is 24.1 Å². The number of hydrogen-bond donors (Lipinski definition) is 2. The van der Waals surface area contributed by atoms with E-state index >= 15 is 0 Å². The van der Waals surface area contributed by atoms with E-state index in [1.54, 1.807) is 0 Å². The third kappa shape index (κ3) is 8.50. The Bertz CT molecular complexity index is 882. The number of ether oxygens (including phenoxy) is 5. The summed E-state index contributed by atoms with van der Waals surface area (Å²) in [5, 5.41) is 6.75. The zero-order chi connectivity index (χ0) is 27.8. The van der Waals surface area contributed by atoms with Crippen LogP contribution in [0.4, 0.5) is 0 Å². The van der Waals surface area contributed by atoms with E-state index in [1.807, 2.05) is 0 Å². The SMILES string of the molecule is CC(=O)OC[C@H]1O[C@@H](NC(=S)N[C@@H]2CCCC[C@H]2N2CCCC2)[C@H](OC(C)=O)[C@@H](OC(C)=O)[C@@H]1OC(C)=O. The van der Waals surface area contributed by atoms with E-state index in [-0.39, 0.29) is 17.8 Å². The van der Waals surface area contributed by atoms with Crippen LogP contribution in [0.1, 0.15) is 66.2 Å². The van der Waals surface area contributed by atoms with Crippen LogP contribution in [0.15, 0.2) is 0 Å². The first-order valence-corrected chi connectivity index (χ1v) is 13.6. The summed E-state index contributed by atoms with van der Waals surface area (Å²) < 4.78 is 27.6. The van der Waals surface area contributed by atoms with Gasteiger partial charge in [-0.05, 0) is 51.0 Å². The fourth-order valence-corrected chi connectivity index (χ4v) is 5.74. The number of thiocarbonyl (C=S) groups is 1. The molecule has 2 heterocycles. The molecule has 0 aromatic heterocycles. The molecule has 0 radical (unpaired) electrons. The molecule has 0 bridgehead atoms. The highest BCUT2D eigenvalue weighted by Gasteiger charge is 2.52. The van der Waals surface area contributed by atoms with Crippen LogP contribution in [0, 0.1) is 0 Å². The molecule has 13 heteroatoms. The van der Waals surface area contributed by atoms with Crippen molar-refractivity contribution in [3.8, 4) is 0 Å². The van der Waals surface area contributed by atoms with Gasteiger partial charge in [0.15, 0.2) is 29.7 Å². The molecule has 2 N–H and O–H groups in total. The van der Waals surface area contributed by atoms with Crippen LogP contribution in [0.5, 0.6) is 0 Å². The molecule has 0 aromatic rings. The molecule has 3 aliphatic rings. The second kappa shape index (κ2) is 14.0. The van der Waals surface area contributed by atoms with E-state index in [0.29, 0.717) is 6.04 Å². The van der Waals surface area contributed by atoms with Gasteiger partial charge in [-0.1, -0.05) is 12.8 Å². The lowest BCUT2D eigenvalue weighted by atomic mass is 9.89. The molecule has 2 aliphatic heterocycles. The first kappa shape index (κ1) is 30.0. The van der Waals surface area contributed by atoms with Crippen molar-refractivity contribution in [2.45, 2.75) is 109 Å². The average molecular weight is 558 g/mol. The van der Waals surface area contributed by atoms with Gasteiger partial charge in [0.1, 0.15) is 12.7 Å². The third-order valence-corrected chi connectivity index (χ3v) is 7.16. The Hall–Kier alpha value is -2.51. The van der Waals surface area contributed by atoms with E-state index in [1.165, 1.54) is 47.0 Å². The normalized spacial score (nSPS) is 31.5. The maximum absolute atomic E-state index is 12.0. The highest BCUT2D eigenvalue weighted by Crippen LogP contribution is 2.29. The van der Waals surface area contributed by atoms with Crippen molar-refractivity contribution in [2.75, 3.05) is 19.7 Å². The van der Waals surface area contributed by atoms with Crippen LogP contribution < -0.4 is 10.6 Å². The number of likely N-dealkylation sites (tertiary alicyclic amines) is 1. The summed E-state index contributed by atoms with van der Waals surface area (Å²) in [7, 11) is 0. The molecule has 0 aromatic carbocycles. The first-order chi connectivity index (χ1) is 18.0. The Balaban J connectivity index is 1.82. The highest BCUT2D eigenvalue weighted by molar-refractivity contribution is 7.80. The third-order valence-electron chi connectivity index (χ3n) is 6.92. The lowest BCUT2D eigenvalue weighted by Gasteiger charge is -2.45. The summed E-state index contributed by atoms with van der Waals surface area (Å²) >= 11 is 5.64. The average Bonchev–Trinajstić information content (AvgIpc) is 3.36. The standard InChI is InChI=1S/C25H39N3O9S/c1-14(29)33-13-20-21(34-15(2)30)22(35-16(3)31)23(36-17(4)32)24(37-20)27-25(38)26-18-9-5-6-10-19(18)28-11-7-8-12-28/h18-24H,5-13H2,1-4H3,(H2,26,27,38)/t18-,19-,20-,21-,22+,23-,24-/m1/s1. The topological polar surface area (TPSA) is 142 Å². The number of hydrogen-bond acceptors (Lipinski definition) is 11. The summed E-state index contributed by atoms with van der Waals surface area (Å²) in [6, 6.07) is 0.494. The van der Waals surface area contributed by atoms with Gasteiger partial charge in [0.25, 0.3) is 0 Å². The van der Waals surface area contributed by atoms with Crippen LogP contribution >= 0.6 is 12.2 Å². The Morgan fingerprint density at radius 2 is 1.37 bits per heavy atom. The molecular formula is C25H39N3O9S. The summed E-state index contributed by atoms with van der Waals surface area (Å²) in [4.78, 5) is 50.0. The molecule has 214 valence electrons. The number of carbonyl (C=O) groups excluding carboxylic acids is 4. The van der Waals surface area contributed by atoms with Gasteiger partial charge in [-0.25, -0.2) is 0 Å². The van der Waals surface area contributed by atoms with Gasteiger partial charge < -0.3 is 34.3 Å². The lowest BCUT2D eigenvalue weighted by molar-refractivity contribution is -0.255. The van der Waals surface area contributed by atoms with E-state index in [0.717, 1.165) is 32.4 Å². The van der Waals surface area contributed by atoms with Gasteiger partial charge in [0.05, 0.1) is 0 Å². The van der Waals surface area contributed by atoms with Gasteiger partial charge in [0, 0.05) is 39.8 Å². The summed E-state index contributed by atoms with van der Waals surface area (Å²) in [6.07, 6.45) is 0.877. The highest BCUT2D eigenvalue weighted by atomic mass is 32.1. The Morgan fingerprint density at radius 3 is 1.97 bits per heavy atom. The van der Waals surface area contributed by atoms with E-state index in [9.17, 15) is 19.2 Å². The Labute approximate surface area is 228 Å². The van der Waals surface area contributed by atoms with Crippen molar-refractivity contribution in [1.29, 1.82) is 0 Å². The predicted octanol–water partition coefficient (Wildman–Crippen LogP) is 0.941. The number of nitrogens with zero attached hydrogens (tertiary/aromatic N) is 1. The number of esters is 4. The molecule has 3 rings (SSSR count). The number of rotatable bonds is 8. The molecule has 12 nitrogen and oxygen atoms in total. The molecule has 0 unspecified atom stereocenters. The molecule has 1 saturated carbocycles. The second-order valence-electron chi connectivity index (χ2n) is 9.94. The zero-order valence-corrected chi connectivity index (χ0v) is 23.3. The zero-order valence-electron chi connectivity index (χ0n) is 22.4. The van der Waals surface area contributed by atoms with E-state index in [2.05, 4.69) is 15.5 Å². The fourth-order valence-electron chi connectivity index (χ4n) is 5.47. The van der Waals surface area contributed by atoms with Crippen LogP contribution in [-0.2, 0) is 42.9 Å². The monoisotopic (exact) mass is 557 g/mol. The minimum absolute atomic E-state index is 0.132. The quantitative estimate of drug-likeness (QED) is 0.249. The predicted molar refractivity (Wildman–Crippen MR) is 138 cm³/mol. The summed E-state index contributed by atoms with van der Waals surface area (Å²) in [5.41, 5.74) is 0. The number of carbonyl (C=O) groups is 4.